The molecule has 2 heterocycles. The van der Waals surface area contributed by atoms with Crippen molar-refractivity contribution in [3.05, 3.63) is 35.4 Å². The summed E-state index contributed by atoms with van der Waals surface area (Å²) in [4.78, 5) is 28.4. The minimum absolute atomic E-state index is 0.112. The third-order valence-corrected chi connectivity index (χ3v) is 4.57. The predicted octanol–water partition coefficient (Wildman–Crippen LogP) is 1.83. The molecule has 2 amide bonds. The van der Waals surface area contributed by atoms with Crippen molar-refractivity contribution in [3.63, 3.8) is 0 Å². The maximum Gasteiger partial charge on any atom is 0.228 e. The first kappa shape index (κ1) is 14.1. The maximum absolute atomic E-state index is 12.7. The van der Waals surface area contributed by atoms with Gasteiger partial charge in [-0.2, -0.15) is 0 Å². The average molecular weight is 286 g/mol. The molecule has 1 fully saturated rings. The Bertz CT molecular complexity index is 568. The molecule has 0 saturated carbocycles. The molecule has 112 valence electrons. The monoisotopic (exact) mass is 286 g/mol. The fourth-order valence-electron chi connectivity index (χ4n) is 3.34. The Kier molecular flexibility index (Phi) is 3.70. The van der Waals surface area contributed by atoms with Crippen molar-refractivity contribution in [3.8, 4) is 0 Å². The molecular weight excluding hydrogens is 264 g/mol. The van der Waals surface area contributed by atoms with E-state index >= 15 is 0 Å². The Balaban J connectivity index is 1.69. The lowest BCUT2D eigenvalue weighted by atomic mass is 9.98. The number of nitrogens with zero attached hydrogens (tertiary/aromatic N) is 2. The molecule has 0 aromatic heterocycles. The summed E-state index contributed by atoms with van der Waals surface area (Å²) in [5, 5.41) is 0. The molecular formula is C17H22N2O2. The molecule has 0 bridgehead atoms. The summed E-state index contributed by atoms with van der Waals surface area (Å²) in [7, 11) is 0. The Morgan fingerprint density at radius 2 is 1.95 bits per heavy atom. The van der Waals surface area contributed by atoms with E-state index in [1.807, 2.05) is 35.8 Å². The Morgan fingerprint density at radius 1 is 1.24 bits per heavy atom. The summed E-state index contributed by atoms with van der Waals surface area (Å²) in [6, 6.07) is 8.47. The molecule has 2 aliphatic heterocycles. The number of amides is 2. The van der Waals surface area contributed by atoms with Gasteiger partial charge in [0.2, 0.25) is 11.8 Å². The van der Waals surface area contributed by atoms with Gasteiger partial charge in [0, 0.05) is 32.1 Å². The van der Waals surface area contributed by atoms with Crippen LogP contribution in [0.15, 0.2) is 24.3 Å². The first-order valence-electron chi connectivity index (χ1n) is 7.71. The molecule has 4 nitrogen and oxygen atoms in total. The number of likely N-dealkylation sites (tertiary alicyclic amines) is 1. The highest BCUT2D eigenvalue weighted by molar-refractivity contribution is 5.89. The summed E-state index contributed by atoms with van der Waals surface area (Å²) in [6.07, 6.45) is 1.28. The van der Waals surface area contributed by atoms with E-state index in [4.69, 9.17) is 0 Å². The van der Waals surface area contributed by atoms with Crippen molar-refractivity contribution in [2.75, 3.05) is 13.1 Å². The minimum atomic E-state index is -0.162. The van der Waals surface area contributed by atoms with Crippen LogP contribution in [0.25, 0.3) is 0 Å². The predicted molar refractivity (Wildman–Crippen MR) is 80.5 cm³/mol. The van der Waals surface area contributed by atoms with Gasteiger partial charge in [0.05, 0.1) is 5.92 Å². The first-order chi connectivity index (χ1) is 10.1. The Morgan fingerprint density at radius 3 is 2.62 bits per heavy atom. The van der Waals surface area contributed by atoms with Crippen LogP contribution < -0.4 is 0 Å². The number of hydrogen-bond donors (Lipinski definition) is 0. The van der Waals surface area contributed by atoms with Gasteiger partial charge in [-0.3, -0.25) is 9.59 Å². The van der Waals surface area contributed by atoms with Crippen molar-refractivity contribution in [2.24, 2.45) is 5.92 Å². The smallest absolute Gasteiger partial charge is 0.228 e. The van der Waals surface area contributed by atoms with Crippen LogP contribution in [0.3, 0.4) is 0 Å². The number of benzene rings is 1. The van der Waals surface area contributed by atoms with Crippen LogP contribution >= 0.6 is 0 Å². The second kappa shape index (κ2) is 5.51. The van der Waals surface area contributed by atoms with Crippen molar-refractivity contribution in [1.29, 1.82) is 0 Å². The molecule has 1 atom stereocenters. The van der Waals surface area contributed by atoms with Gasteiger partial charge in [-0.05, 0) is 31.4 Å². The molecule has 1 aromatic rings. The van der Waals surface area contributed by atoms with E-state index in [-0.39, 0.29) is 23.8 Å². The summed E-state index contributed by atoms with van der Waals surface area (Å²) >= 11 is 0. The van der Waals surface area contributed by atoms with E-state index in [0.29, 0.717) is 19.5 Å². The highest BCUT2D eigenvalue weighted by Gasteiger charge is 2.38. The fourth-order valence-corrected chi connectivity index (χ4v) is 3.34. The van der Waals surface area contributed by atoms with E-state index in [1.165, 1.54) is 11.1 Å². The fraction of sp³-hybridized carbons (Fsp3) is 0.529. The van der Waals surface area contributed by atoms with Crippen LogP contribution in [0.1, 0.15) is 31.4 Å². The van der Waals surface area contributed by atoms with Crippen molar-refractivity contribution in [2.45, 2.75) is 39.3 Å². The highest BCUT2D eigenvalue weighted by Crippen LogP contribution is 2.25. The zero-order valence-electron chi connectivity index (χ0n) is 12.7. The van der Waals surface area contributed by atoms with Crippen LogP contribution in [-0.4, -0.2) is 40.7 Å². The third kappa shape index (κ3) is 2.67. The number of carbonyl (C=O) groups excluding carboxylic acids is 2. The van der Waals surface area contributed by atoms with E-state index in [0.717, 1.165) is 13.0 Å². The van der Waals surface area contributed by atoms with Gasteiger partial charge in [0.25, 0.3) is 0 Å². The third-order valence-electron chi connectivity index (χ3n) is 4.57. The lowest BCUT2D eigenvalue weighted by molar-refractivity contribution is -0.136. The normalized spacial score (nSPS) is 21.9. The van der Waals surface area contributed by atoms with Crippen LogP contribution in [0.4, 0.5) is 0 Å². The first-order valence-corrected chi connectivity index (χ1v) is 7.71. The lowest BCUT2D eigenvalue weighted by Crippen LogP contribution is -2.41. The molecule has 2 aliphatic rings. The minimum Gasteiger partial charge on any atom is -0.339 e. The van der Waals surface area contributed by atoms with Gasteiger partial charge in [-0.25, -0.2) is 0 Å². The van der Waals surface area contributed by atoms with E-state index in [9.17, 15) is 9.59 Å². The van der Waals surface area contributed by atoms with Gasteiger partial charge >= 0.3 is 0 Å². The van der Waals surface area contributed by atoms with Gasteiger partial charge in [-0.1, -0.05) is 24.3 Å². The molecule has 0 radical (unpaired) electrons. The quantitative estimate of drug-likeness (QED) is 0.832. The SMILES string of the molecule is CC(C)N1C[C@@H](C(=O)N2CCc3ccccc3C2)CC1=O. The van der Waals surface area contributed by atoms with E-state index in [2.05, 4.69) is 12.1 Å². The largest absolute Gasteiger partial charge is 0.339 e. The Hall–Kier alpha value is -1.84. The molecule has 1 aromatic carbocycles. The van der Waals surface area contributed by atoms with Crippen LogP contribution in [0.2, 0.25) is 0 Å². The van der Waals surface area contributed by atoms with Crippen molar-refractivity contribution < 1.29 is 9.59 Å². The van der Waals surface area contributed by atoms with Crippen LogP contribution in [-0.2, 0) is 22.6 Å². The van der Waals surface area contributed by atoms with Gasteiger partial charge in [0.15, 0.2) is 0 Å². The van der Waals surface area contributed by atoms with Gasteiger partial charge in [0.1, 0.15) is 0 Å². The van der Waals surface area contributed by atoms with E-state index in [1.54, 1.807) is 0 Å². The maximum atomic E-state index is 12.7. The number of carbonyl (C=O) groups is 2. The number of rotatable bonds is 2. The second-order valence-electron chi connectivity index (χ2n) is 6.32. The standard InChI is InChI=1S/C17H22N2O2/c1-12(2)19-11-15(9-16(19)20)17(21)18-8-7-13-5-3-4-6-14(13)10-18/h3-6,12,15H,7-11H2,1-2H3/t15-/m0/s1. The van der Waals surface area contributed by atoms with Crippen LogP contribution in [0, 0.1) is 5.92 Å². The van der Waals surface area contributed by atoms with Crippen molar-refractivity contribution in [1.82, 2.24) is 9.80 Å². The highest BCUT2D eigenvalue weighted by atomic mass is 16.2. The molecule has 0 N–H and O–H groups in total. The second-order valence-corrected chi connectivity index (χ2v) is 6.32. The molecule has 21 heavy (non-hydrogen) atoms. The molecule has 4 heteroatoms. The van der Waals surface area contributed by atoms with E-state index < -0.39 is 0 Å². The van der Waals surface area contributed by atoms with Crippen molar-refractivity contribution >= 4 is 11.8 Å². The average Bonchev–Trinajstić information content (AvgIpc) is 2.88. The topological polar surface area (TPSA) is 40.6 Å². The van der Waals surface area contributed by atoms with Gasteiger partial charge < -0.3 is 9.80 Å². The number of hydrogen-bond acceptors (Lipinski definition) is 2. The molecule has 0 unspecified atom stereocenters. The zero-order chi connectivity index (χ0) is 15.0. The van der Waals surface area contributed by atoms with Crippen LogP contribution in [0.5, 0.6) is 0 Å². The number of fused-ring (bicyclic) bond motifs is 1. The summed E-state index contributed by atoms with van der Waals surface area (Å²) in [5.74, 6) is 0.0897. The zero-order valence-corrected chi connectivity index (χ0v) is 12.7. The molecule has 3 rings (SSSR count). The summed E-state index contributed by atoms with van der Waals surface area (Å²) in [5.41, 5.74) is 2.58. The molecule has 1 saturated heterocycles. The molecule has 0 spiro atoms. The Labute approximate surface area is 125 Å². The lowest BCUT2D eigenvalue weighted by Gasteiger charge is -2.31. The molecule has 0 aliphatic carbocycles. The summed E-state index contributed by atoms with van der Waals surface area (Å²) in [6.45, 7) is 6.03. The van der Waals surface area contributed by atoms with Gasteiger partial charge in [-0.15, -0.1) is 0 Å². The summed E-state index contributed by atoms with van der Waals surface area (Å²) < 4.78 is 0.